The first kappa shape index (κ1) is 12.1. The van der Waals surface area contributed by atoms with Crippen molar-refractivity contribution in [3.63, 3.8) is 0 Å². The van der Waals surface area contributed by atoms with Gasteiger partial charge in [-0.05, 0) is 30.7 Å². The van der Waals surface area contributed by atoms with Gasteiger partial charge in [0.1, 0.15) is 11.6 Å². The third kappa shape index (κ3) is 2.85. The Hall–Kier alpha value is -2.37. The molecule has 1 heterocycles. The number of H-pyrrole nitrogens is 1. The lowest BCUT2D eigenvalue weighted by Gasteiger charge is -2.07. The average molecular weight is 248 g/mol. The molecule has 0 bridgehead atoms. The van der Waals surface area contributed by atoms with Crippen molar-refractivity contribution in [2.75, 3.05) is 10.6 Å². The number of urea groups is 1. The molecule has 0 aliphatic rings. The highest BCUT2D eigenvalue weighted by Crippen LogP contribution is 2.13. The van der Waals surface area contributed by atoms with Crippen LogP contribution in [0, 0.1) is 5.82 Å². The fourth-order valence-corrected chi connectivity index (χ4v) is 1.50. The molecule has 0 saturated carbocycles. The molecule has 0 unspecified atom stereocenters. The normalized spacial score (nSPS) is 10.1. The Morgan fingerprint density at radius 1 is 1.33 bits per heavy atom. The van der Waals surface area contributed by atoms with Gasteiger partial charge >= 0.3 is 6.03 Å². The predicted molar refractivity (Wildman–Crippen MR) is 67.0 cm³/mol. The fraction of sp³-hybridized carbons (Fsp3) is 0.167. The monoisotopic (exact) mass is 248 g/mol. The Morgan fingerprint density at radius 2 is 2.06 bits per heavy atom. The van der Waals surface area contributed by atoms with E-state index in [0.29, 0.717) is 11.5 Å². The van der Waals surface area contributed by atoms with Crippen LogP contribution in [0.5, 0.6) is 0 Å². The number of rotatable bonds is 3. The third-order valence-corrected chi connectivity index (χ3v) is 2.44. The number of carbonyl (C=O) groups excluding carboxylic acids is 1. The summed E-state index contributed by atoms with van der Waals surface area (Å²) in [5.41, 5.74) is 1.44. The number of anilines is 2. The highest BCUT2D eigenvalue weighted by Gasteiger charge is 2.07. The summed E-state index contributed by atoms with van der Waals surface area (Å²) in [6, 6.07) is 5.14. The standard InChI is InChI=1S/C12H13FN4O/c1-2-8-7-14-17-11(8)16-12(18)15-10-5-3-9(13)4-6-10/h3-7H,2H2,1H3,(H3,14,15,16,17,18). The maximum atomic E-state index is 12.7. The van der Waals surface area contributed by atoms with E-state index in [0.717, 1.165) is 12.0 Å². The summed E-state index contributed by atoms with van der Waals surface area (Å²) in [5.74, 6) is 0.222. The second-order valence-corrected chi connectivity index (χ2v) is 3.71. The SMILES string of the molecule is CCc1cn[nH]c1NC(=O)Nc1ccc(F)cc1. The molecule has 94 valence electrons. The van der Waals surface area contributed by atoms with Gasteiger partial charge in [0.2, 0.25) is 0 Å². The molecule has 0 aliphatic carbocycles. The van der Waals surface area contributed by atoms with Crippen LogP contribution in [0.4, 0.5) is 20.7 Å². The Balaban J connectivity index is 1.99. The quantitative estimate of drug-likeness (QED) is 0.781. The zero-order valence-electron chi connectivity index (χ0n) is 9.83. The lowest BCUT2D eigenvalue weighted by Crippen LogP contribution is -2.20. The van der Waals surface area contributed by atoms with Crippen molar-refractivity contribution in [2.45, 2.75) is 13.3 Å². The van der Waals surface area contributed by atoms with Gasteiger partial charge in [-0.25, -0.2) is 9.18 Å². The molecular weight excluding hydrogens is 235 g/mol. The maximum Gasteiger partial charge on any atom is 0.324 e. The van der Waals surface area contributed by atoms with E-state index < -0.39 is 6.03 Å². The number of nitrogens with one attached hydrogen (secondary N) is 3. The van der Waals surface area contributed by atoms with Gasteiger partial charge < -0.3 is 5.32 Å². The highest BCUT2D eigenvalue weighted by molar-refractivity contribution is 5.99. The van der Waals surface area contributed by atoms with Crippen LogP contribution in [0.15, 0.2) is 30.5 Å². The van der Waals surface area contributed by atoms with Gasteiger partial charge in [0, 0.05) is 11.3 Å². The molecule has 0 radical (unpaired) electrons. The van der Waals surface area contributed by atoms with E-state index in [1.807, 2.05) is 6.92 Å². The Bertz CT molecular complexity index is 535. The van der Waals surface area contributed by atoms with E-state index in [4.69, 9.17) is 0 Å². The fourth-order valence-electron chi connectivity index (χ4n) is 1.50. The van der Waals surface area contributed by atoms with E-state index in [2.05, 4.69) is 20.8 Å². The lowest BCUT2D eigenvalue weighted by molar-refractivity contribution is 0.262. The van der Waals surface area contributed by atoms with Crippen LogP contribution in [-0.4, -0.2) is 16.2 Å². The number of halogens is 1. The molecular formula is C12H13FN4O. The molecule has 5 nitrogen and oxygen atoms in total. The first-order valence-electron chi connectivity index (χ1n) is 5.55. The largest absolute Gasteiger partial charge is 0.324 e. The van der Waals surface area contributed by atoms with E-state index in [9.17, 15) is 9.18 Å². The number of hydrogen-bond donors (Lipinski definition) is 3. The molecule has 1 aromatic heterocycles. The second-order valence-electron chi connectivity index (χ2n) is 3.71. The van der Waals surface area contributed by atoms with Crippen LogP contribution in [-0.2, 0) is 6.42 Å². The predicted octanol–water partition coefficient (Wildman–Crippen LogP) is 2.76. The molecule has 3 N–H and O–H groups in total. The van der Waals surface area contributed by atoms with Crippen LogP contribution in [0.3, 0.4) is 0 Å². The smallest absolute Gasteiger partial charge is 0.308 e. The van der Waals surface area contributed by atoms with Crippen molar-refractivity contribution < 1.29 is 9.18 Å². The van der Waals surface area contributed by atoms with Gasteiger partial charge in [-0.2, -0.15) is 5.10 Å². The van der Waals surface area contributed by atoms with Gasteiger partial charge in [0.05, 0.1) is 6.20 Å². The summed E-state index contributed by atoms with van der Waals surface area (Å²) >= 11 is 0. The summed E-state index contributed by atoms with van der Waals surface area (Å²) in [6.07, 6.45) is 2.43. The minimum absolute atomic E-state index is 0.345. The van der Waals surface area contributed by atoms with Crippen LogP contribution >= 0.6 is 0 Å². The molecule has 0 spiro atoms. The summed E-state index contributed by atoms with van der Waals surface area (Å²) in [5, 5.41) is 11.8. The minimum atomic E-state index is -0.402. The molecule has 18 heavy (non-hydrogen) atoms. The molecule has 6 heteroatoms. The van der Waals surface area contributed by atoms with Gasteiger partial charge in [-0.15, -0.1) is 0 Å². The average Bonchev–Trinajstić information content (AvgIpc) is 2.79. The zero-order chi connectivity index (χ0) is 13.0. The number of nitrogens with zero attached hydrogens (tertiary/aromatic N) is 1. The number of aryl methyl sites for hydroxylation is 1. The number of carbonyl (C=O) groups is 1. The highest BCUT2D eigenvalue weighted by atomic mass is 19.1. The number of aromatic amines is 1. The van der Waals surface area contributed by atoms with Crippen molar-refractivity contribution in [1.29, 1.82) is 0 Å². The van der Waals surface area contributed by atoms with Gasteiger partial charge in [-0.1, -0.05) is 6.92 Å². The van der Waals surface area contributed by atoms with Crippen LogP contribution in [0.25, 0.3) is 0 Å². The Morgan fingerprint density at radius 3 is 2.72 bits per heavy atom. The number of hydrogen-bond acceptors (Lipinski definition) is 2. The molecule has 2 amide bonds. The topological polar surface area (TPSA) is 69.8 Å². The molecule has 0 saturated heterocycles. The first-order chi connectivity index (χ1) is 8.69. The number of benzene rings is 1. The molecule has 0 aliphatic heterocycles. The van der Waals surface area contributed by atoms with Gasteiger partial charge in [0.25, 0.3) is 0 Å². The van der Waals surface area contributed by atoms with Crippen molar-refractivity contribution in [1.82, 2.24) is 10.2 Å². The summed E-state index contributed by atoms with van der Waals surface area (Å²) in [6.45, 7) is 1.97. The van der Waals surface area contributed by atoms with E-state index in [-0.39, 0.29) is 5.82 Å². The van der Waals surface area contributed by atoms with E-state index in [1.54, 1.807) is 6.20 Å². The van der Waals surface area contributed by atoms with E-state index >= 15 is 0 Å². The maximum absolute atomic E-state index is 12.7. The first-order valence-corrected chi connectivity index (χ1v) is 5.55. The molecule has 1 aromatic carbocycles. The van der Waals surface area contributed by atoms with E-state index in [1.165, 1.54) is 24.3 Å². The Labute approximate surface area is 103 Å². The zero-order valence-corrected chi connectivity index (χ0v) is 9.83. The number of aromatic nitrogens is 2. The van der Waals surface area contributed by atoms with Crippen molar-refractivity contribution in [3.05, 3.63) is 41.8 Å². The molecule has 2 aromatic rings. The van der Waals surface area contributed by atoms with Crippen molar-refractivity contribution in [3.8, 4) is 0 Å². The summed E-state index contributed by atoms with van der Waals surface area (Å²) in [4.78, 5) is 11.7. The van der Waals surface area contributed by atoms with Crippen LogP contribution in [0.2, 0.25) is 0 Å². The molecule has 0 atom stereocenters. The molecule has 0 fully saturated rings. The van der Waals surface area contributed by atoms with Crippen molar-refractivity contribution >= 4 is 17.5 Å². The number of amides is 2. The summed E-state index contributed by atoms with van der Waals surface area (Å²) < 4.78 is 12.7. The van der Waals surface area contributed by atoms with Crippen LogP contribution < -0.4 is 10.6 Å². The third-order valence-electron chi connectivity index (χ3n) is 2.44. The lowest BCUT2D eigenvalue weighted by atomic mass is 10.2. The second kappa shape index (κ2) is 5.31. The minimum Gasteiger partial charge on any atom is -0.308 e. The van der Waals surface area contributed by atoms with Crippen molar-refractivity contribution in [2.24, 2.45) is 0 Å². The summed E-state index contributed by atoms with van der Waals surface area (Å²) in [7, 11) is 0. The van der Waals surface area contributed by atoms with Gasteiger partial charge in [-0.3, -0.25) is 10.4 Å². The van der Waals surface area contributed by atoms with Gasteiger partial charge in [0.15, 0.2) is 0 Å². The van der Waals surface area contributed by atoms with Crippen LogP contribution in [0.1, 0.15) is 12.5 Å². The molecule has 2 rings (SSSR count). The Kier molecular flexibility index (Phi) is 3.57.